The molecular weight excluding hydrogens is 484 g/mol. The Morgan fingerprint density at radius 2 is 1.74 bits per heavy atom. The lowest BCUT2D eigenvalue weighted by Crippen LogP contribution is -2.52. The van der Waals surface area contributed by atoms with Crippen molar-refractivity contribution in [2.75, 3.05) is 41.1 Å². The summed E-state index contributed by atoms with van der Waals surface area (Å²) in [6.45, 7) is 1.52. The Hall–Kier alpha value is -3.30. The van der Waals surface area contributed by atoms with Crippen molar-refractivity contribution in [2.45, 2.75) is 50.7 Å². The maximum absolute atomic E-state index is 13.0. The number of likely N-dealkylation sites (N-methyl/N-ethyl adjacent to an activating group) is 1. The molecule has 206 valence electrons. The largest absolute Gasteiger partial charge is 0.457 e. The second-order valence-electron chi connectivity index (χ2n) is 10.0. The van der Waals surface area contributed by atoms with Crippen molar-refractivity contribution >= 4 is 17.7 Å². The van der Waals surface area contributed by atoms with Gasteiger partial charge >= 0.3 is 6.09 Å². The van der Waals surface area contributed by atoms with E-state index < -0.39 is 6.09 Å². The number of hydrogen-bond donors (Lipinski definition) is 1. The van der Waals surface area contributed by atoms with Crippen molar-refractivity contribution in [2.24, 2.45) is 16.6 Å². The third-order valence-corrected chi connectivity index (χ3v) is 7.43. The summed E-state index contributed by atoms with van der Waals surface area (Å²) in [5, 5.41) is 0. The number of ether oxygens (including phenoxy) is 4. The number of amides is 1. The van der Waals surface area contributed by atoms with Gasteiger partial charge in [-0.15, -0.1) is 0 Å². The Morgan fingerprint density at radius 3 is 2.42 bits per heavy atom. The maximum atomic E-state index is 13.0. The Labute approximate surface area is 225 Å². The Morgan fingerprint density at radius 1 is 1.03 bits per heavy atom. The Balaban J connectivity index is 1.50. The highest BCUT2D eigenvalue weighted by molar-refractivity contribution is 5.84. The van der Waals surface area contributed by atoms with Crippen LogP contribution in [0.5, 0.6) is 11.5 Å². The lowest BCUT2D eigenvalue weighted by Gasteiger charge is -2.41. The number of guanidine groups is 1. The van der Waals surface area contributed by atoms with E-state index in [1.807, 2.05) is 48.5 Å². The minimum atomic E-state index is -0.406. The highest BCUT2D eigenvalue weighted by atomic mass is 16.6. The van der Waals surface area contributed by atoms with E-state index in [0.717, 1.165) is 48.4 Å². The van der Waals surface area contributed by atoms with Crippen LogP contribution in [-0.2, 0) is 20.8 Å². The van der Waals surface area contributed by atoms with Gasteiger partial charge in [-0.1, -0.05) is 37.5 Å². The van der Waals surface area contributed by atoms with E-state index in [9.17, 15) is 4.79 Å². The number of carbonyl (C=O) groups excluding carboxylic acids is 1. The molecule has 1 atom stereocenters. The third-order valence-electron chi connectivity index (χ3n) is 7.43. The predicted octanol–water partition coefficient (Wildman–Crippen LogP) is 4.92. The number of fused-ring (bicyclic) bond motifs is 1. The first kappa shape index (κ1) is 27.7. The molecule has 2 aromatic carbocycles. The van der Waals surface area contributed by atoms with Gasteiger partial charge in [-0.25, -0.2) is 9.79 Å². The molecular formula is C29H40N4O5. The van der Waals surface area contributed by atoms with Crippen LogP contribution in [0.4, 0.5) is 10.5 Å². The highest BCUT2D eigenvalue weighted by Crippen LogP contribution is 2.35. The van der Waals surface area contributed by atoms with E-state index in [4.69, 9.17) is 29.7 Å². The van der Waals surface area contributed by atoms with Gasteiger partial charge in [0.1, 0.15) is 18.1 Å². The molecule has 1 aliphatic heterocycles. The summed E-state index contributed by atoms with van der Waals surface area (Å²) in [7, 11) is 4.92. The maximum Gasteiger partial charge on any atom is 0.409 e. The van der Waals surface area contributed by atoms with Crippen molar-refractivity contribution in [1.29, 1.82) is 0 Å². The molecule has 2 aliphatic rings. The van der Waals surface area contributed by atoms with Gasteiger partial charge in [0.15, 0.2) is 5.96 Å². The van der Waals surface area contributed by atoms with Gasteiger partial charge in [0.25, 0.3) is 0 Å². The molecule has 38 heavy (non-hydrogen) atoms. The zero-order valence-corrected chi connectivity index (χ0v) is 22.7. The molecule has 9 nitrogen and oxygen atoms in total. The zero-order valence-electron chi connectivity index (χ0n) is 22.7. The van der Waals surface area contributed by atoms with Crippen molar-refractivity contribution in [3.05, 3.63) is 54.1 Å². The van der Waals surface area contributed by atoms with Gasteiger partial charge in [-0.05, 0) is 49.1 Å². The number of nitrogens with zero attached hydrogens (tertiary/aromatic N) is 3. The summed E-state index contributed by atoms with van der Waals surface area (Å²) in [6.07, 6.45) is 5.29. The molecule has 0 aromatic heterocycles. The van der Waals surface area contributed by atoms with Gasteiger partial charge in [0, 0.05) is 33.4 Å². The first-order valence-electron chi connectivity index (χ1n) is 13.3. The van der Waals surface area contributed by atoms with Crippen molar-refractivity contribution < 1.29 is 23.7 Å². The molecule has 0 spiro atoms. The Kier molecular flexibility index (Phi) is 9.84. The fourth-order valence-corrected chi connectivity index (χ4v) is 5.29. The molecule has 9 heteroatoms. The molecule has 0 bridgehead atoms. The fraction of sp³-hybridized carbons (Fsp3) is 0.517. The predicted molar refractivity (Wildman–Crippen MR) is 147 cm³/mol. The van der Waals surface area contributed by atoms with Crippen LogP contribution in [0, 0.1) is 5.92 Å². The number of rotatable bonds is 11. The molecule has 2 N–H and O–H groups in total. The van der Waals surface area contributed by atoms with Crippen LogP contribution in [0.25, 0.3) is 0 Å². The third kappa shape index (κ3) is 6.96. The smallest absolute Gasteiger partial charge is 0.409 e. The number of aliphatic imine (C=N–C) groups is 1. The number of hydrogen-bond acceptors (Lipinski definition) is 8. The van der Waals surface area contributed by atoms with Crippen LogP contribution in [0.15, 0.2) is 53.5 Å². The lowest BCUT2D eigenvalue weighted by atomic mass is 9.83. The summed E-state index contributed by atoms with van der Waals surface area (Å²) in [5.41, 5.74) is 8.38. The van der Waals surface area contributed by atoms with E-state index >= 15 is 0 Å². The quantitative estimate of drug-likeness (QED) is 0.445. The molecule has 2 aromatic rings. The summed E-state index contributed by atoms with van der Waals surface area (Å²) < 4.78 is 22.5. The molecule has 1 fully saturated rings. The minimum absolute atomic E-state index is 0.0773. The standard InChI is InChI=1S/C29H40N4O5/c1-32(23(18-35-2)19-36-3)29(34)37-20-27(21-10-6-4-7-11-21)33-17-22-16-25(14-15-26(22)31-28(33)30)38-24-12-8-5-9-13-24/h5,8-9,12-16,21,23,27H,4,6-7,10-11,17-20H2,1-3H3,(H2,30,31)/t27-/m0/s1. The molecule has 1 heterocycles. The average molecular weight is 525 g/mol. The van der Waals surface area contributed by atoms with Crippen LogP contribution in [-0.4, -0.2) is 75.0 Å². The molecule has 0 saturated heterocycles. The van der Waals surface area contributed by atoms with Gasteiger partial charge in [0.2, 0.25) is 0 Å². The first-order valence-corrected chi connectivity index (χ1v) is 13.3. The highest BCUT2D eigenvalue weighted by Gasteiger charge is 2.34. The topological polar surface area (TPSA) is 98.8 Å². The monoisotopic (exact) mass is 524 g/mol. The van der Waals surface area contributed by atoms with Crippen LogP contribution in [0.1, 0.15) is 37.7 Å². The molecule has 1 saturated carbocycles. The molecule has 1 amide bonds. The number of benzene rings is 2. The molecule has 0 radical (unpaired) electrons. The zero-order chi connectivity index (χ0) is 26.9. The van der Waals surface area contributed by atoms with E-state index in [2.05, 4.69) is 4.90 Å². The summed E-state index contributed by atoms with van der Waals surface area (Å²) >= 11 is 0. The van der Waals surface area contributed by atoms with Gasteiger partial charge < -0.3 is 34.5 Å². The average Bonchev–Trinajstić information content (AvgIpc) is 2.94. The van der Waals surface area contributed by atoms with Crippen LogP contribution in [0.3, 0.4) is 0 Å². The van der Waals surface area contributed by atoms with Gasteiger partial charge in [-0.3, -0.25) is 0 Å². The lowest BCUT2D eigenvalue weighted by molar-refractivity contribution is 0.0215. The number of para-hydroxylation sites is 1. The van der Waals surface area contributed by atoms with Crippen LogP contribution in [0.2, 0.25) is 0 Å². The van der Waals surface area contributed by atoms with E-state index in [1.165, 1.54) is 6.42 Å². The van der Waals surface area contributed by atoms with Gasteiger partial charge in [0.05, 0.1) is 31.0 Å². The fourth-order valence-electron chi connectivity index (χ4n) is 5.29. The van der Waals surface area contributed by atoms with Crippen molar-refractivity contribution in [1.82, 2.24) is 9.80 Å². The van der Waals surface area contributed by atoms with E-state index in [-0.39, 0.29) is 18.7 Å². The number of nitrogens with two attached hydrogens (primary N) is 1. The second kappa shape index (κ2) is 13.5. The summed E-state index contributed by atoms with van der Waals surface area (Å²) in [6, 6.07) is 15.3. The number of carbonyl (C=O) groups is 1. The van der Waals surface area contributed by atoms with Crippen LogP contribution >= 0.6 is 0 Å². The van der Waals surface area contributed by atoms with Gasteiger partial charge in [-0.2, -0.15) is 0 Å². The van der Waals surface area contributed by atoms with E-state index in [0.29, 0.717) is 31.6 Å². The summed E-state index contributed by atoms with van der Waals surface area (Å²) in [4.78, 5) is 21.3. The molecule has 4 rings (SSSR count). The normalized spacial score (nSPS) is 16.5. The minimum Gasteiger partial charge on any atom is -0.457 e. The second-order valence-corrected chi connectivity index (χ2v) is 10.0. The Bertz CT molecular complexity index is 1070. The van der Waals surface area contributed by atoms with Crippen molar-refractivity contribution in [3.8, 4) is 11.5 Å². The molecule has 0 unspecified atom stereocenters. The molecule has 1 aliphatic carbocycles. The van der Waals surface area contributed by atoms with Crippen molar-refractivity contribution in [3.63, 3.8) is 0 Å². The SMILES string of the molecule is COCC(COC)N(C)C(=O)OC[C@@H](C1CCCCC1)N1Cc2cc(Oc3ccccc3)ccc2N=C1N. The summed E-state index contributed by atoms with van der Waals surface area (Å²) in [5.74, 6) is 2.33. The first-order chi connectivity index (χ1) is 18.5. The number of methoxy groups -OCH3 is 2. The van der Waals surface area contributed by atoms with E-state index in [1.54, 1.807) is 26.2 Å². The van der Waals surface area contributed by atoms with Crippen LogP contribution < -0.4 is 10.5 Å².